The van der Waals surface area contributed by atoms with E-state index < -0.39 is 25.2 Å². The molecule has 0 bridgehead atoms. The summed E-state index contributed by atoms with van der Waals surface area (Å²) in [6.45, 7) is 35.5. The van der Waals surface area contributed by atoms with Crippen molar-refractivity contribution in [1.82, 2.24) is 0 Å². The van der Waals surface area contributed by atoms with E-state index in [0.29, 0.717) is 0 Å². The van der Waals surface area contributed by atoms with E-state index in [1.54, 1.807) is 7.11 Å². The predicted molar refractivity (Wildman–Crippen MR) is 217 cm³/mol. The van der Waals surface area contributed by atoms with Crippen molar-refractivity contribution in [3.05, 3.63) is 0 Å². The highest BCUT2D eigenvalue weighted by Gasteiger charge is 2.33. The van der Waals surface area contributed by atoms with Crippen LogP contribution in [0.25, 0.3) is 0 Å². The van der Waals surface area contributed by atoms with E-state index in [-0.39, 0.29) is 0 Å². The van der Waals surface area contributed by atoms with E-state index in [9.17, 15) is 0 Å². The van der Waals surface area contributed by atoms with Crippen LogP contribution in [-0.4, -0.2) is 39.4 Å². The molecular formula is C38H94O3Si3. The maximum Gasteiger partial charge on any atom is 0.321 e. The molecule has 3 nitrogen and oxygen atoms in total. The maximum atomic E-state index is 6.13. The van der Waals surface area contributed by atoms with Crippen molar-refractivity contribution in [1.29, 1.82) is 0 Å². The molecule has 0 unspecified atom stereocenters. The largest absolute Gasteiger partial charge is 0.436 e. The lowest BCUT2D eigenvalue weighted by Crippen LogP contribution is -2.45. The standard InChI is InChI=1S/C9H24O2Si2.C7H18OSi.C7H16.C6H14.C5H12.C4H10/c1-7-8-9-12(3,4)11-13(5,6)10-2;1-5-6-7-9(3,4)8-2;1-3-5-7-6-4-2;1-3-5-6-4-2;1-3-5-4-2;1-3-4-2/h7-9H2,1-6H3;5-7H2,1-4H3;3-7H2,1-2H3;3-6H2,1-2H3;3-5H2,1-2H3;3-4H2,1-2H3. The second-order valence-corrected chi connectivity index (χ2v) is 26.2. The Morgan fingerprint density at radius 1 is 0.318 bits per heavy atom. The second-order valence-electron chi connectivity index (χ2n) is 13.8. The van der Waals surface area contributed by atoms with Gasteiger partial charge in [0.2, 0.25) is 0 Å². The van der Waals surface area contributed by atoms with Gasteiger partial charge < -0.3 is 13.0 Å². The summed E-state index contributed by atoms with van der Waals surface area (Å²) in [6, 6.07) is 2.56. The van der Waals surface area contributed by atoms with E-state index >= 15 is 0 Å². The third-order valence-corrected chi connectivity index (χ3v) is 16.6. The monoisotopic (exact) mass is 683 g/mol. The van der Waals surface area contributed by atoms with Crippen LogP contribution in [0.15, 0.2) is 0 Å². The van der Waals surface area contributed by atoms with Crippen LogP contribution in [0.4, 0.5) is 0 Å². The van der Waals surface area contributed by atoms with Gasteiger partial charge in [0.05, 0.1) is 0 Å². The normalized spacial score (nSPS) is 10.8. The van der Waals surface area contributed by atoms with Crippen LogP contribution in [0.5, 0.6) is 0 Å². The van der Waals surface area contributed by atoms with Gasteiger partial charge in [0.25, 0.3) is 0 Å². The smallest absolute Gasteiger partial charge is 0.321 e. The van der Waals surface area contributed by atoms with Crippen molar-refractivity contribution in [2.75, 3.05) is 14.2 Å². The molecule has 44 heavy (non-hydrogen) atoms. The van der Waals surface area contributed by atoms with Gasteiger partial charge in [-0.05, 0) is 51.4 Å². The van der Waals surface area contributed by atoms with Gasteiger partial charge in [0.1, 0.15) is 0 Å². The van der Waals surface area contributed by atoms with Crippen molar-refractivity contribution in [3.8, 4) is 0 Å². The summed E-state index contributed by atoms with van der Waals surface area (Å²) in [5.74, 6) is 0. The highest BCUT2D eigenvalue weighted by atomic mass is 28.4. The van der Waals surface area contributed by atoms with Crippen molar-refractivity contribution in [3.63, 3.8) is 0 Å². The Morgan fingerprint density at radius 3 is 0.841 bits per heavy atom. The Labute approximate surface area is 287 Å². The molecule has 0 fully saturated rings. The summed E-state index contributed by atoms with van der Waals surface area (Å²) >= 11 is 0. The SMILES string of the molecule is CCCC.CCCCC.CCCCCC.CCCCCCC.CCCC[Si](C)(C)OC.CCCC[Si](C)(C)O[Si](C)(C)OC. The van der Waals surface area contributed by atoms with E-state index in [4.69, 9.17) is 13.0 Å². The van der Waals surface area contributed by atoms with Crippen molar-refractivity contribution >= 4 is 25.2 Å². The first-order valence-electron chi connectivity index (χ1n) is 19.4. The van der Waals surface area contributed by atoms with E-state index in [1.165, 1.54) is 128 Å². The lowest BCUT2D eigenvalue weighted by molar-refractivity contribution is 0.309. The Balaban J connectivity index is -0.000000103. The zero-order valence-corrected chi connectivity index (χ0v) is 37.9. The molecule has 0 aliphatic heterocycles. The zero-order valence-electron chi connectivity index (χ0n) is 34.9. The minimum Gasteiger partial charge on any atom is -0.436 e. The Hall–Kier alpha value is 0.531. The molecule has 0 aliphatic rings. The van der Waals surface area contributed by atoms with E-state index in [2.05, 4.69) is 109 Å². The molecule has 0 saturated carbocycles. The van der Waals surface area contributed by atoms with Gasteiger partial charge in [-0.3, -0.25) is 0 Å². The molecule has 0 radical (unpaired) electrons. The molecule has 0 spiro atoms. The maximum absolute atomic E-state index is 6.13. The molecule has 0 atom stereocenters. The van der Waals surface area contributed by atoms with Gasteiger partial charge >= 0.3 is 8.56 Å². The van der Waals surface area contributed by atoms with Crippen LogP contribution in [0.3, 0.4) is 0 Å². The minimum absolute atomic E-state index is 1.20. The molecule has 0 N–H and O–H groups in total. The molecule has 276 valence electrons. The van der Waals surface area contributed by atoms with Gasteiger partial charge in [0.15, 0.2) is 16.6 Å². The average Bonchev–Trinajstić information content (AvgIpc) is 2.99. The molecule has 0 amide bonds. The van der Waals surface area contributed by atoms with Crippen LogP contribution in [0.2, 0.25) is 51.4 Å². The molecule has 0 saturated heterocycles. The quantitative estimate of drug-likeness (QED) is 0.0945. The van der Waals surface area contributed by atoms with Gasteiger partial charge in [-0.15, -0.1) is 0 Å². The molecule has 0 aromatic carbocycles. The lowest BCUT2D eigenvalue weighted by Gasteiger charge is -2.32. The summed E-state index contributed by atoms with van der Waals surface area (Å²) < 4.78 is 16.9. The number of hydrogen-bond donors (Lipinski definition) is 0. The highest BCUT2D eigenvalue weighted by molar-refractivity contribution is 6.82. The van der Waals surface area contributed by atoms with Crippen molar-refractivity contribution in [2.45, 2.75) is 236 Å². The van der Waals surface area contributed by atoms with Crippen LogP contribution in [0, 0.1) is 0 Å². The Morgan fingerprint density at radius 2 is 0.614 bits per heavy atom. The van der Waals surface area contributed by atoms with Crippen LogP contribution < -0.4 is 0 Å². The lowest BCUT2D eigenvalue weighted by atomic mass is 10.2. The average molecular weight is 683 g/mol. The zero-order chi connectivity index (χ0) is 35.8. The molecule has 6 heteroatoms. The fourth-order valence-corrected chi connectivity index (χ4v) is 12.3. The Bertz CT molecular complexity index is 447. The van der Waals surface area contributed by atoms with E-state index in [0.717, 1.165) is 0 Å². The van der Waals surface area contributed by atoms with Gasteiger partial charge in [-0.25, -0.2) is 0 Å². The third-order valence-electron chi connectivity index (χ3n) is 7.20. The molecular weight excluding hydrogens is 589 g/mol. The van der Waals surface area contributed by atoms with Crippen molar-refractivity contribution in [2.24, 2.45) is 0 Å². The summed E-state index contributed by atoms with van der Waals surface area (Å²) in [4.78, 5) is 0. The van der Waals surface area contributed by atoms with E-state index in [1.807, 2.05) is 7.11 Å². The van der Waals surface area contributed by atoms with Crippen LogP contribution >= 0.6 is 0 Å². The molecule has 0 heterocycles. The summed E-state index contributed by atoms with van der Waals surface area (Å²) in [6.07, 6.45) is 24.4. The number of rotatable bonds is 20. The summed E-state index contributed by atoms with van der Waals surface area (Å²) in [5.41, 5.74) is 0. The molecule has 0 rings (SSSR count). The number of unbranched alkanes of at least 4 members (excludes halogenated alkanes) is 12. The predicted octanol–water partition coefficient (Wildman–Crippen LogP) is 15.6. The summed E-state index contributed by atoms with van der Waals surface area (Å²) in [5, 5.41) is 0. The van der Waals surface area contributed by atoms with Gasteiger partial charge in [-0.2, -0.15) is 0 Å². The van der Waals surface area contributed by atoms with Crippen LogP contribution in [0.1, 0.15) is 185 Å². The first kappa shape index (κ1) is 56.8. The first-order chi connectivity index (χ1) is 20.6. The minimum atomic E-state index is -1.80. The fraction of sp³-hybridized carbons (Fsp3) is 1.00. The van der Waals surface area contributed by atoms with Crippen LogP contribution in [-0.2, 0) is 13.0 Å². The Kier molecular flexibility index (Phi) is 59.0. The molecule has 0 aromatic heterocycles. The topological polar surface area (TPSA) is 27.7 Å². The van der Waals surface area contributed by atoms with Gasteiger partial charge in [-0.1, -0.05) is 185 Å². The van der Waals surface area contributed by atoms with Gasteiger partial charge in [0, 0.05) is 14.2 Å². The third kappa shape index (κ3) is 69.3. The first-order valence-corrected chi connectivity index (χ1v) is 28.5. The molecule has 0 aromatic rings. The fourth-order valence-electron chi connectivity index (χ4n) is 3.60. The second kappa shape index (κ2) is 45.7. The summed E-state index contributed by atoms with van der Waals surface area (Å²) in [7, 11) is -0.848. The van der Waals surface area contributed by atoms with Crippen molar-refractivity contribution < 1.29 is 13.0 Å². The highest BCUT2D eigenvalue weighted by Crippen LogP contribution is 2.20. The molecule has 0 aliphatic carbocycles. The number of hydrogen-bond acceptors (Lipinski definition) is 3.